The minimum absolute atomic E-state index is 0.0368. The van der Waals surface area contributed by atoms with Crippen molar-refractivity contribution in [2.24, 2.45) is 0 Å². The number of nitrogens with zero attached hydrogens (tertiary/aromatic N) is 2. The molecule has 1 unspecified atom stereocenters. The number of fused-ring (bicyclic) bond motifs is 1. The largest absolute Gasteiger partial charge is 0.481 e. The number of rotatable bonds is 6. The van der Waals surface area contributed by atoms with Gasteiger partial charge in [0.1, 0.15) is 5.82 Å². The van der Waals surface area contributed by atoms with Crippen LogP contribution in [-0.2, 0) is 4.79 Å². The molecule has 0 saturated carbocycles. The van der Waals surface area contributed by atoms with Gasteiger partial charge in [-0.15, -0.1) is 0 Å². The molecule has 2 aromatic rings. The van der Waals surface area contributed by atoms with Crippen molar-refractivity contribution < 1.29 is 14.3 Å². The smallest absolute Gasteiger partial charge is 0.313 e. The first kappa shape index (κ1) is 16.5. The van der Waals surface area contributed by atoms with E-state index in [2.05, 4.69) is 4.98 Å². The van der Waals surface area contributed by atoms with Crippen molar-refractivity contribution in [3.8, 4) is 0 Å². The fourth-order valence-electron chi connectivity index (χ4n) is 2.04. The van der Waals surface area contributed by atoms with Gasteiger partial charge in [0.15, 0.2) is 5.16 Å². The molecule has 0 saturated heterocycles. The minimum atomic E-state index is -0.916. The summed E-state index contributed by atoms with van der Waals surface area (Å²) < 4.78 is 15.5. The molecule has 8 heteroatoms. The molecule has 0 spiro atoms. The first-order chi connectivity index (χ1) is 9.93. The lowest BCUT2D eigenvalue weighted by Crippen LogP contribution is -2.10. The van der Waals surface area contributed by atoms with Crippen LogP contribution >= 0.6 is 35.1 Å². The number of aliphatic carboxylic acids is 1. The van der Waals surface area contributed by atoms with E-state index in [4.69, 9.17) is 16.7 Å². The highest BCUT2D eigenvalue weighted by Crippen LogP contribution is 2.31. The van der Waals surface area contributed by atoms with Crippen LogP contribution in [0.4, 0.5) is 4.39 Å². The van der Waals surface area contributed by atoms with Crippen molar-refractivity contribution >= 4 is 52.1 Å². The second kappa shape index (κ2) is 6.89. The van der Waals surface area contributed by atoms with E-state index < -0.39 is 11.8 Å². The van der Waals surface area contributed by atoms with Gasteiger partial charge in [-0.1, -0.05) is 23.4 Å². The van der Waals surface area contributed by atoms with Crippen molar-refractivity contribution in [2.75, 3.05) is 17.8 Å². The number of carboxylic acid groups (broad SMARTS) is 1. The normalized spacial score (nSPS) is 12.8. The average molecular weight is 349 g/mol. The number of aromatic nitrogens is 2. The predicted molar refractivity (Wildman–Crippen MR) is 86.2 cm³/mol. The van der Waals surface area contributed by atoms with Crippen LogP contribution in [0.25, 0.3) is 11.0 Å². The second-order valence-electron chi connectivity index (χ2n) is 4.51. The molecule has 2 rings (SSSR count). The molecule has 0 aliphatic heterocycles. The Kier molecular flexibility index (Phi) is 5.40. The van der Waals surface area contributed by atoms with Crippen LogP contribution in [0.3, 0.4) is 0 Å². The predicted octanol–water partition coefficient (Wildman–Crippen LogP) is 3.93. The molecular weight excluding hydrogens is 335 g/mol. The third-order valence-corrected chi connectivity index (χ3v) is 4.92. The maximum absolute atomic E-state index is 13.6. The van der Waals surface area contributed by atoms with Crippen molar-refractivity contribution in [3.63, 3.8) is 0 Å². The van der Waals surface area contributed by atoms with Crippen molar-refractivity contribution in [3.05, 3.63) is 23.0 Å². The van der Waals surface area contributed by atoms with Crippen LogP contribution in [0.1, 0.15) is 13.0 Å². The highest BCUT2D eigenvalue weighted by atomic mass is 35.5. The van der Waals surface area contributed by atoms with E-state index in [1.165, 1.54) is 6.07 Å². The second-order valence-corrected chi connectivity index (χ2v) is 6.77. The summed E-state index contributed by atoms with van der Waals surface area (Å²) in [6.45, 7) is 2.01. The van der Waals surface area contributed by atoms with Crippen LogP contribution in [0.15, 0.2) is 17.3 Å². The molecule has 1 atom stereocenters. The molecule has 1 heterocycles. The molecule has 4 nitrogen and oxygen atoms in total. The molecule has 1 aromatic heterocycles. The van der Waals surface area contributed by atoms with Crippen LogP contribution in [0, 0.1) is 5.82 Å². The summed E-state index contributed by atoms with van der Waals surface area (Å²) in [7, 11) is 0. The summed E-state index contributed by atoms with van der Waals surface area (Å²) in [6.07, 6.45) is 1.99. The topological polar surface area (TPSA) is 55.1 Å². The summed E-state index contributed by atoms with van der Waals surface area (Å²) in [5, 5.41) is 9.43. The Bertz CT molecular complexity index is 678. The van der Waals surface area contributed by atoms with Crippen LogP contribution in [0.5, 0.6) is 0 Å². The number of carbonyl (C=O) groups is 1. The highest BCUT2D eigenvalue weighted by Gasteiger charge is 2.18. The zero-order chi connectivity index (χ0) is 15.6. The fraction of sp³-hybridized carbons (Fsp3) is 0.385. The first-order valence-corrected chi connectivity index (χ1v) is 8.90. The Balaban J connectivity index is 2.54. The van der Waals surface area contributed by atoms with Crippen LogP contribution in [0.2, 0.25) is 5.02 Å². The molecule has 21 heavy (non-hydrogen) atoms. The van der Waals surface area contributed by atoms with Crippen molar-refractivity contribution in [2.45, 2.75) is 18.1 Å². The molecule has 0 fully saturated rings. The van der Waals surface area contributed by atoms with E-state index in [0.29, 0.717) is 10.7 Å². The van der Waals surface area contributed by atoms with E-state index in [-0.39, 0.29) is 16.8 Å². The lowest BCUT2D eigenvalue weighted by atomic mass is 10.3. The summed E-state index contributed by atoms with van der Waals surface area (Å²) in [6, 6.07) is 2.92. The Morgan fingerprint density at radius 1 is 1.57 bits per heavy atom. The van der Waals surface area contributed by atoms with Gasteiger partial charge in [0.25, 0.3) is 0 Å². The monoisotopic (exact) mass is 348 g/mol. The van der Waals surface area contributed by atoms with Crippen molar-refractivity contribution in [1.82, 2.24) is 9.55 Å². The summed E-state index contributed by atoms with van der Waals surface area (Å²) in [5.41, 5.74) is 1.20. The maximum atomic E-state index is 13.6. The van der Waals surface area contributed by atoms with Gasteiger partial charge in [-0.2, -0.15) is 11.8 Å². The fourth-order valence-corrected chi connectivity index (χ4v) is 3.66. The Hall–Kier alpha value is -0.920. The lowest BCUT2D eigenvalue weighted by molar-refractivity contribution is -0.133. The molecular formula is C13H14ClFN2O2S2. The summed E-state index contributed by atoms with van der Waals surface area (Å²) in [5.74, 6) is -0.700. The summed E-state index contributed by atoms with van der Waals surface area (Å²) in [4.78, 5) is 15.1. The van der Waals surface area contributed by atoms with Gasteiger partial charge in [0.05, 0.1) is 21.8 Å². The van der Waals surface area contributed by atoms with Gasteiger partial charge in [0.2, 0.25) is 0 Å². The standard InChI is InChI=1S/C13H14ClFN2O2S2/c1-7(5-20-2)17-11-3-8(14)9(15)4-10(11)16-13(17)21-6-12(18)19/h3-4,7H,5-6H2,1-2H3,(H,18,19). The number of hydrogen-bond acceptors (Lipinski definition) is 4. The molecule has 114 valence electrons. The molecule has 0 radical (unpaired) electrons. The highest BCUT2D eigenvalue weighted by molar-refractivity contribution is 7.99. The van der Waals surface area contributed by atoms with E-state index in [9.17, 15) is 9.18 Å². The van der Waals surface area contributed by atoms with Crippen molar-refractivity contribution in [1.29, 1.82) is 0 Å². The molecule has 0 bridgehead atoms. The molecule has 0 aliphatic carbocycles. The van der Waals surface area contributed by atoms with E-state index in [1.54, 1.807) is 17.8 Å². The molecule has 0 amide bonds. The van der Waals surface area contributed by atoms with Gasteiger partial charge in [-0.05, 0) is 19.2 Å². The number of halogens is 2. The van der Waals surface area contributed by atoms with Gasteiger partial charge in [0, 0.05) is 17.9 Å². The number of benzene rings is 1. The molecule has 0 aliphatic rings. The Morgan fingerprint density at radius 2 is 2.29 bits per heavy atom. The van der Waals surface area contributed by atoms with Gasteiger partial charge in [-0.3, -0.25) is 4.79 Å². The number of hydrogen-bond donors (Lipinski definition) is 1. The quantitative estimate of drug-likeness (QED) is 0.801. The van der Waals surface area contributed by atoms with Gasteiger partial charge >= 0.3 is 5.97 Å². The number of thioether (sulfide) groups is 2. The van der Waals surface area contributed by atoms with Gasteiger partial charge in [-0.25, -0.2) is 9.37 Å². The molecule has 1 aromatic carbocycles. The van der Waals surface area contributed by atoms with Gasteiger partial charge < -0.3 is 9.67 Å². The Labute approximate surface area is 135 Å². The SMILES string of the molecule is CSCC(C)n1c(SCC(=O)O)nc2cc(F)c(Cl)cc21. The first-order valence-electron chi connectivity index (χ1n) is 6.14. The Morgan fingerprint density at radius 3 is 2.90 bits per heavy atom. The van der Waals surface area contributed by atoms with E-state index in [0.717, 1.165) is 23.0 Å². The van der Waals surface area contributed by atoms with E-state index in [1.807, 2.05) is 17.7 Å². The average Bonchev–Trinajstić information content (AvgIpc) is 2.75. The van der Waals surface area contributed by atoms with Crippen LogP contribution in [-0.4, -0.2) is 38.4 Å². The minimum Gasteiger partial charge on any atom is -0.481 e. The third-order valence-electron chi connectivity index (χ3n) is 2.87. The molecule has 1 N–H and O–H groups in total. The zero-order valence-corrected chi connectivity index (χ0v) is 13.9. The number of imidazole rings is 1. The lowest BCUT2D eigenvalue weighted by Gasteiger charge is -2.16. The third kappa shape index (κ3) is 3.64. The summed E-state index contributed by atoms with van der Waals surface area (Å²) >= 11 is 8.66. The van der Waals surface area contributed by atoms with E-state index >= 15 is 0 Å². The number of carboxylic acids is 1. The van der Waals surface area contributed by atoms with Crippen LogP contribution < -0.4 is 0 Å². The maximum Gasteiger partial charge on any atom is 0.313 e. The zero-order valence-electron chi connectivity index (χ0n) is 11.5.